The molecule has 12 heteroatoms. The van der Waals surface area contributed by atoms with E-state index < -0.39 is 23.6 Å². The third-order valence-electron chi connectivity index (χ3n) is 4.77. The first-order chi connectivity index (χ1) is 15.1. The summed E-state index contributed by atoms with van der Waals surface area (Å²) in [7, 11) is 1.73. The van der Waals surface area contributed by atoms with E-state index in [2.05, 4.69) is 15.5 Å². The van der Waals surface area contributed by atoms with Crippen LogP contribution in [0.1, 0.15) is 5.56 Å². The molecule has 0 fully saturated rings. The van der Waals surface area contributed by atoms with E-state index in [1.165, 1.54) is 6.07 Å². The van der Waals surface area contributed by atoms with Gasteiger partial charge in [0.25, 0.3) is 0 Å². The monoisotopic (exact) mass is 481 g/mol. The van der Waals surface area contributed by atoms with Crippen LogP contribution in [0.25, 0.3) is 11.4 Å². The van der Waals surface area contributed by atoms with Gasteiger partial charge < -0.3 is 14.8 Å². The quantitative estimate of drug-likeness (QED) is 0.564. The first-order valence-electron chi connectivity index (χ1n) is 9.23. The number of carbonyl (C=O) groups is 2. The van der Waals surface area contributed by atoms with Gasteiger partial charge in [0.1, 0.15) is 6.54 Å². The van der Waals surface area contributed by atoms with Crippen molar-refractivity contribution in [1.82, 2.24) is 14.8 Å². The maximum atomic E-state index is 13.0. The fraction of sp³-hybridized carbons (Fsp3) is 0.200. The number of amides is 2. The van der Waals surface area contributed by atoms with Gasteiger partial charge >= 0.3 is 6.18 Å². The molecule has 0 saturated carbocycles. The highest BCUT2D eigenvalue weighted by Crippen LogP contribution is 2.37. The van der Waals surface area contributed by atoms with Crippen molar-refractivity contribution in [2.75, 3.05) is 22.5 Å². The predicted molar refractivity (Wildman–Crippen MR) is 115 cm³/mol. The summed E-state index contributed by atoms with van der Waals surface area (Å²) in [6.07, 6.45) is -4.56. The summed E-state index contributed by atoms with van der Waals surface area (Å²) in [5, 5.41) is 11.6. The zero-order chi connectivity index (χ0) is 23.0. The van der Waals surface area contributed by atoms with Crippen LogP contribution in [0.15, 0.2) is 47.6 Å². The van der Waals surface area contributed by atoms with E-state index in [1.807, 2.05) is 6.07 Å². The minimum absolute atomic E-state index is 0.0610. The highest BCUT2D eigenvalue weighted by Gasteiger charge is 2.34. The molecule has 2 amide bonds. The lowest BCUT2D eigenvalue weighted by Gasteiger charge is -2.29. The van der Waals surface area contributed by atoms with Crippen molar-refractivity contribution < 1.29 is 22.8 Å². The third kappa shape index (κ3) is 4.30. The Morgan fingerprint density at radius 2 is 1.97 bits per heavy atom. The highest BCUT2D eigenvalue weighted by atomic mass is 35.5. The van der Waals surface area contributed by atoms with Gasteiger partial charge in [0.15, 0.2) is 11.0 Å². The lowest BCUT2D eigenvalue weighted by Crippen LogP contribution is -2.43. The number of anilines is 2. The lowest BCUT2D eigenvalue weighted by atomic mass is 10.1. The molecule has 4 rings (SSSR count). The second-order valence-electron chi connectivity index (χ2n) is 6.89. The first kappa shape index (κ1) is 22.2. The van der Waals surface area contributed by atoms with Crippen LogP contribution in [0.4, 0.5) is 24.5 Å². The van der Waals surface area contributed by atoms with Crippen LogP contribution < -0.4 is 10.2 Å². The van der Waals surface area contributed by atoms with Crippen LogP contribution in [0.2, 0.25) is 5.02 Å². The van der Waals surface area contributed by atoms with E-state index >= 15 is 0 Å². The van der Waals surface area contributed by atoms with Crippen LogP contribution >= 0.6 is 23.4 Å². The van der Waals surface area contributed by atoms with E-state index in [0.29, 0.717) is 21.6 Å². The van der Waals surface area contributed by atoms with Crippen molar-refractivity contribution in [3.8, 4) is 11.4 Å². The Labute approximate surface area is 189 Å². The van der Waals surface area contributed by atoms with Crippen molar-refractivity contribution in [3.05, 3.63) is 53.1 Å². The molecule has 0 saturated heterocycles. The molecule has 32 heavy (non-hydrogen) atoms. The van der Waals surface area contributed by atoms with Crippen molar-refractivity contribution in [1.29, 1.82) is 0 Å². The fourth-order valence-corrected chi connectivity index (χ4v) is 4.22. The zero-order valence-electron chi connectivity index (χ0n) is 16.5. The Balaban J connectivity index is 1.52. The smallest absolute Gasteiger partial charge is 0.323 e. The molecular formula is C20H15ClF3N5O2S. The normalized spacial score (nSPS) is 13.7. The summed E-state index contributed by atoms with van der Waals surface area (Å²) in [6, 6.07) is 10.0. The number of fused-ring (bicyclic) bond motifs is 1. The molecule has 0 spiro atoms. The molecule has 1 aromatic heterocycles. The van der Waals surface area contributed by atoms with Crippen molar-refractivity contribution in [3.63, 3.8) is 0 Å². The number of thioether (sulfide) groups is 1. The Hall–Kier alpha value is -3.05. The largest absolute Gasteiger partial charge is 0.416 e. The minimum atomic E-state index is -4.56. The van der Waals surface area contributed by atoms with Gasteiger partial charge in [0, 0.05) is 12.6 Å². The van der Waals surface area contributed by atoms with Gasteiger partial charge in [-0.2, -0.15) is 13.2 Å². The van der Waals surface area contributed by atoms with Gasteiger partial charge in [-0.3, -0.25) is 9.59 Å². The Morgan fingerprint density at radius 3 is 2.69 bits per heavy atom. The standard InChI is InChI=1S/C20H15ClF3N5O2S/c1-28-18(12-4-2-3-5-13(12)21)26-27-19(28)32-10-17(31)29-9-16(30)25-14-8-11(20(22,23)24)6-7-15(14)29/h2-8H,9-10H2,1H3,(H,25,30). The van der Waals surface area contributed by atoms with E-state index in [-0.39, 0.29) is 23.7 Å². The van der Waals surface area contributed by atoms with Gasteiger partial charge in [0.05, 0.1) is 27.7 Å². The number of rotatable bonds is 4. The first-order valence-corrected chi connectivity index (χ1v) is 10.6. The van der Waals surface area contributed by atoms with E-state index in [1.54, 1.807) is 29.8 Å². The van der Waals surface area contributed by atoms with Crippen LogP contribution in [-0.4, -0.2) is 38.9 Å². The third-order valence-corrected chi connectivity index (χ3v) is 6.10. The van der Waals surface area contributed by atoms with Gasteiger partial charge in [-0.25, -0.2) is 0 Å². The second kappa shape index (κ2) is 8.47. The number of hydrogen-bond acceptors (Lipinski definition) is 5. The number of nitrogens with zero attached hydrogens (tertiary/aromatic N) is 4. The number of alkyl halides is 3. The molecule has 0 bridgehead atoms. The summed E-state index contributed by atoms with van der Waals surface area (Å²) in [6.45, 7) is -0.290. The number of hydrogen-bond donors (Lipinski definition) is 1. The number of carbonyl (C=O) groups excluding carboxylic acids is 2. The van der Waals surface area contributed by atoms with Crippen molar-refractivity contribution in [2.24, 2.45) is 7.05 Å². The Kier molecular flexibility index (Phi) is 5.87. The summed E-state index contributed by atoms with van der Waals surface area (Å²) in [5.41, 5.74) is -0.0807. The predicted octanol–water partition coefficient (Wildman–Crippen LogP) is 4.23. The molecule has 0 radical (unpaired) electrons. The number of benzene rings is 2. The molecule has 166 valence electrons. The summed E-state index contributed by atoms with van der Waals surface area (Å²) in [4.78, 5) is 26.0. The number of halogens is 4. The molecule has 1 aliphatic heterocycles. The van der Waals surface area contributed by atoms with Crippen molar-refractivity contribution in [2.45, 2.75) is 11.3 Å². The molecule has 1 aliphatic rings. The molecule has 0 unspecified atom stereocenters. The van der Waals surface area contributed by atoms with Crippen molar-refractivity contribution >= 4 is 46.6 Å². The van der Waals surface area contributed by atoms with E-state index in [4.69, 9.17) is 11.6 Å². The molecule has 2 heterocycles. The topological polar surface area (TPSA) is 80.1 Å². The van der Waals surface area contributed by atoms with Gasteiger partial charge in [-0.1, -0.05) is 35.5 Å². The SMILES string of the molecule is Cn1c(SCC(=O)N2CC(=O)Nc3cc(C(F)(F)F)ccc32)nnc1-c1ccccc1Cl. The summed E-state index contributed by atoms with van der Waals surface area (Å²) in [5.74, 6) is -0.599. The fourth-order valence-electron chi connectivity index (χ4n) is 3.21. The second-order valence-corrected chi connectivity index (χ2v) is 8.24. The molecule has 0 atom stereocenters. The van der Waals surface area contributed by atoms with Gasteiger partial charge in [-0.05, 0) is 30.3 Å². The summed E-state index contributed by atoms with van der Waals surface area (Å²) >= 11 is 7.31. The van der Waals surface area contributed by atoms with Gasteiger partial charge in [0.2, 0.25) is 11.8 Å². The molecule has 3 aromatic rings. The van der Waals surface area contributed by atoms with E-state index in [9.17, 15) is 22.8 Å². The molecule has 0 aliphatic carbocycles. The Bertz CT molecular complexity index is 1210. The molecule has 1 N–H and O–H groups in total. The van der Waals surface area contributed by atoms with Crippen LogP contribution in [-0.2, 0) is 22.8 Å². The maximum absolute atomic E-state index is 13.0. The molecule has 2 aromatic carbocycles. The maximum Gasteiger partial charge on any atom is 0.416 e. The summed E-state index contributed by atoms with van der Waals surface area (Å²) < 4.78 is 40.6. The van der Waals surface area contributed by atoms with Crippen LogP contribution in [0, 0.1) is 0 Å². The number of nitrogens with one attached hydrogen (secondary N) is 1. The minimum Gasteiger partial charge on any atom is -0.323 e. The van der Waals surface area contributed by atoms with Crippen LogP contribution in [0.5, 0.6) is 0 Å². The average Bonchev–Trinajstić information content (AvgIpc) is 3.10. The van der Waals surface area contributed by atoms with E-state index in [0.717, 1.165) is 28.8 Å². The van der Waals surface area contributed by atoms with Crippen LogP contribution in [0.3, 0.4) is 0 Å². The Morgan fingerprint density at radius 1 is 1.22 bits per heavy atom. The molecular weight excluding hydrogens is 467 g/mol. The zero-order valence-corrected chi connectivity index (χ0v) is 18.1. The number of aromatic nitrogens is 3. The molecule has 7 nitrogen and oxygen atoms in total. The average molecular weight is 482 g/mol. The highest BCUT2D eigenvalue weighted by molar-refractivity contribution is 7.99. The van der Waals surface area contributed by atoms with Gasteiger partial charge in [-0.15, -0.1) is 10.2 Å². The lowest BCUT2D eigenvalue weighted by molar-refractivity contribution is -0.137.